The molecule has 66 valence electrons. The van der Waals surface area contributed by atoms with E-state index in [-0.39, 0.29) is 0 Å². The van der Waals surface area contributed by atoms with E-state index in [1.165, 1.54) is 12.5 Å². The summed E-state index contributed by atoms with van der Waals surface area (Å²) < 4.78 is 14.2. The Bertz CT molecular complexity index is 381. The van der Waals surface area contributed by atoms with Crippen molar-refractivity contribution in [3.8, 4) is 0 Å². The Morgan fingerprint density at radius 2 is 2.00 bits per heavy atom. The molecule has 13 heavy (non-hydrogen) atoms. The molecule has 0 saturated heterocycles. The lowest BCUT2D eigenvalue weighted by molar-refractivity contribution is 0.588. The quantitative estimate of drug-likeness (QED) is 0.685. The minimum Gasteiger partial charge on any atom is -0.330 e. The molecule has 1 heterocycles. The van der Waals surface area contributed by atoms with Crippen LogP contribution in [-0.2, 0) is 6.54 Å². The fourth-order valence-electron chi connectivity index (χ4n) is 1.21. The molecule has 3 heteroatoms. The smallest absolute Gasteiger partial charge is 0.230 e. The predicted octanol–water partition coefficient (Wildman–Crippen LogP) is 2.07. The van der Waals surface area contributed by atoms with Gasteiger partial charge in [0.2, 0.25) is 5.95 Å². The zero-order valence-corrected chi connectivity index (χ0v) is 7.02. The molecule has 0 radical (unpaired) electrons. The summed E-state index contributed by atoms with van der Waals surface area (Å²) in [5, 5.41) is 0. The summed E-state index contributed by atoms with van der Waals surface area (Å²) in [4.78, 5) is 3.51. The SMILES string of the molecule is Fc1cn(Cc2ccccc2)cn1. The largest absolute Gasteiger partial charge is 0.330 e. The zero-order valence-electron chi connectivity index (χ0n) is 7.02. The maximum atomic E-state index is 12.5. The lowest BCUT2D eigenvalue weighted by Gasteiger charge is -2.00. The predicted molar refractivity (Wildman–Crippen MR) is 47.7 cm³/mol. The summed E-state index contributed by atoms with van der Waals surface area (Å²) in [6.45, 7) is 0.664. The minimum absolute atomic E-state index is 0.434. The monoisotopic (exact) mass is 176 g/mol. The van der Waals surface area contributed by atoms with Gasteiger partial charge in [0.1, 0.15) is 0 Å². The summed E-state index contributed by atoms with van der Waals surface area (Å²) in [6, 6.07) is 9.87. The number of imidazole rings is 1. The van der Waals surface area contributed by atoms with E-state index in [4.69, 9.17) is 0 Å². The molecule has 0 aliphatic rings. The van der Waals surface area contributed by atoms with Crippen molar-refractivity contribution in [1.29, 1.82) is 0 Å². The summed E-state index contributed by atoms with van der Waals surface area (Å²) in [5.41, 5.74) is 1.14. The minimum atomic E-state index is -0.434. The van der Waals surface area contributed by atoms with Gasteiger partial charge >= 0.3 is 0 Å². The third-order valence-corrected chi connectivity index (χ3v) is 1.81. The van der Waals surface area contributed by atoms with Crippen LogP contribution in [0.5, 0.6) is 0 Å². The van der Waals surface area contributed by atoms with Crippen molar-refractivity contribution in [2.75, 3.05) is 0 Å². The third kappa shape index (κ3) is 1.93. The molecule has 0 saturated carbocycles. The van der Waals surface area contributed by atoms with Gasteiger partial charge in [0.05, 0.1) is 12.5 Å². The topological polar surface area (TPSA) is 17.8 Å². The van der Waals surface area contributed by atoms with Gasteiger partial charge in [-0.05, 0) is 5.56 Å². The lowest BCUT2D eigenvalue weighted by Crippen LogP contribution is -1.95. The van der Waals surface area contributed by atoms with E-state index in [0.29, 0.717) is 6.54 Å². The van der Waals surface area contributed by atoms with Gasteiger partial charge in [-0.25, -0.2) is 4.98 Å². The second-order valence-electron chi connectivity index (χ2n) is 2.85. The van der Waals surface area contributed by atoms with Gasteiger partial charge in [0.15, 0.2) is 0 Å². The number of nitrogens with zero attached hydrogens (tertiary/aromatic N) is 2. The summed E-state index contributed by atoms with van der Waals surface area (Å²) in [7, 11) is 0. The number of hydrogen-bond donors (Lipinski definition) is 0. The van der Waals surface area contributed by atoms with E-state index in [0.717, 1.165) is 5.56 Å². The molecule has 0 fully saturated rings. The normalized spacial score (nSPS) is 10.2. The Kier molecular flexibility index (Phi) is 2.08. The summed E-state index contributed by atoms with van der Waals surface area (Å²) in [5.74, 6) is -0.434. The highest BCUT2D eigenvalue weighted by atomic mass is 19.1. The maximum Gasteiger partial charge on any atom is 0.230 e. The van der Waals surface area contributed by atoms with Crippen molar-refractivity contribution in [2.45, 2.75) is 6.54 Å². The van der Waals surface area contributed by atoms with Crippen molar-refractivity contribution in [2.24, 2.45) is 0 Å². The van der Waals surface area contributed by atoms with Gasteiger partial charge in [0.25, 0.3) is 0 Å². The van der Waals surface area contributed by atoms with E-state index in [2.05, 4.69) is 4.98 Å². The molecule has 0 amide bonds. The number of benzene rings is 1. The average molecular weight is 176 g/mol. The maximum absolute atomic E-state index is 12.5. The van der Waals surface area contributed by atoms with Gasteiger partial charge < -0.3 is 4.57 Å². The molecule has 1 aromatic carbocycles. The number of aromatic nitrogens is 2. The van der Waals surface area contributed by atoms with E-state index in [1.54, 1.807) is 4.57 Å². The second kappa shape index (κ2) is 3.39. The van der Waals surface area contributed by atoms with Crippen LogP contribution in [0.2, 0.25) is 0 Å². The highest BCUT2D eigenvalue weighted by Crippen LogP contribution is 2.02. The van der Waals surface area contributed by atoms with E-state index < -0.39 is 5.95 Å². The molecule has 0 aliphatic heterocycles. The summed E-state index contributed by atoms with van der Waals surface area (Å²) >= 11 is 0. The molecule has 0 N–H and O–H groups in total. The molecule has 2 nitrogen and oxygen atoms in total. The van der Waals surface area contributed by atoms with Crippen LogP contribution in [0.3, 0.4) is 0 Å². The first-order valence-electron chi connectivity index (χ1n) is 4.06. The lowest BCUT2D eigenvalue weighted by atomic mass is 10.2. The van der Waals surface area contributed by atoms with Crippen LogP contribution in [0.25, 0.3) is 0 Å². The molecule has 0 atom stereocenters. The van der Waals surface area contributed by atoms with Crippen LogP contribution in [0.15, 0.2) is 42.9 Å². The first-order valence-corrected chi connectivity index (χ1v) is 4.06. The zero-order chi connectivity index (χ0) is 9.10. The molecule has 0 unspecified atom stereocenters. The number of halogens is 1. The number of hydrogen-bond acceptors (Lipinski definition) is 1. The van der Waals surface area contributed by atoms with Gasteiger partial charge in [0, 0.05) is 6.54 Å². The first kappa shape index (κ1) is 7.98. The first-order chi connectivity index (χ1) is 6.34. The Hall–Kier alpha value is -1.64. The molecule has 0 spiro atoms. The number of rotatable bonds is 2. The molecular weight excluding hydrogens is 167 g/mol. The van der Waals surface area contributed by atoms with E-state index in [1.807, 2.05) is 30.3 Å². The van der Waals surface area contributed by atoms with Crippen LogP contribution in [-0.4, -0.2) is 9.55 Å². The molecule has 1 aromatic heterocycles. The van der Waals surface area contributed by atoms with Crippen molar-refractivity contribution in [1.82, 2.24) is 9.55 Å². The molecule has 2 rings (SSSR count). The molecule has 0 aliphatic carbocycles. The second-order valence-corrected chi connectivity index (χ2v) is 2.85. The van der Waals surface area contributed by atoms with Crippen LogP contribution in [0.1, 0.15) is 5.56 Å². The standard InChI is InChI=1S/C10H9FN2/c11-10-7-13(8-12-10)6-9-4-2-1-3-5-9/h1-5,7-8H,6H2. The Balaban J connectivity index is 2.15. The van der Waals surface area contributed by atoms with Crippen molar-refractivity contribution in [3.63, 3.8) is 0 Å². The van der Waals surface area contributed by atoms with E-state index in [9.17, 15) is 4.39 Å². The van der Waals surface area contributed by atoms with Crippen molar-refractivity contribution in [3.05, 3.63) is 54.4 Å². The van der Waals surface area contributed by atoms with Crippen LogP contribution in [0, 0.1) is 5.95 Å². The summed E-state index contributed by atoms with van der Waals surface area (Å²) in [6.07, 6.45) is 2.87. The van der Waals surface area contributed by atoms with Gasteiger partial charge in [-0.1, -0.05) is 30.3 Å². The van der Waals surface area contributed by atoms with Crippen molar-refractivity contribution < 1.29 is 4.39 Å². The van der Waals surface area contributed by atoms with Crippen molar-refractivity contribution >= 4 is 0 Å². The fraction of sp³-hybridized carbons (Fsp3) is 0.100. The Labute approximate surface area is 75.7 Å². The Morgan fingerprint density at radius 3 is 2.62 bits per heavy atom. The molecular formula is C10H9FN2. The van der Waals surface area contributed by atoms with Crippen LogP contribution < -0.4 is 0 Å². The highest BCUT2D eigenvalue weighted by Gasteiger charge is 1.96. The third-order valence-electron chi connectivity index (χ3n) is 1.81. The van der Waals surface area contributed by atoms with Crippen LogP contribution in [0.4, 0.5) is 4.39 Å². The molecule has 2 aromatic rings. The van der Waals surface area contributed by atoms with Gasteiger partial charge in [-0.15, -0.1) is 0 Å². The van der Waals surface area contributed by atoms with Crippen LogP contribution >= 0.6 is 0 Å². The average Bonchev–Trinajstić information content (AvgIpc) is 2.53. The molecule has 0 bridgehead atoms. The van der Waals surface area contributed by atoms with E-state index >= 15 is 0 Å². The highest BCUT2D eigenvalue weighted by molar-refractivity contribution is 5.14. The van der Waals surface area contributed by atoms with Gasteiger partial charge in [-0.3, -0.25) is 0 Å². The Morgan fingerprint density at radius 1 is 1.23 bits per heavy atom. The van der Waals surface area contributed by atoms with Gasteiger partial charge in [-0.2, -0.15) is 4.39 Å². The fourth-order valence-corrected chi connectivity index (χ4v) is 1.21.